The molecule has 2 N–H and O–H groups in total. The van der Waals surface area contributed by atoms with Gasteiger partial charge in [0, 0.05) is 24.3 Å². The molecule has 3 nitrogen and oxygen atoms in total. The van der Waals surface area contributed by atoms with Crippen LogP contribution in [0.15, 0.2) is 18.2 Å². The van der Waals surface area contributed by atoms with Crippen molar-refractivity contribution in [1.82, 2.24) is 0 Å². The van der Waals surface area contributed by atoms with Crippen LogP contribution in [-0.2, 0) is 11.3 Å². The largest absolute Gasteiger partial charge is 0.374 e. The van der Waals surface area contributed by atoms with Crippen LogP contribution in [0.3, 0.4) is 0 Å². The molecule has 3 rings (SSSR count). The van der Waals surface area contributed by atoms with Gasteiger partial charge in [0.05, 0.1) is 18.8 Å². The fourth-order valence-corrected chi connectivity index (χ4v) is 3.24. The highest BCUT2D eigenvalue weighted by atomic mass is 19.1. The third kappa shape index (κ3) is 1.89. The standard InChI is InChI=1S/C14H19FN2O/c15-11-3-1-4-12(10(11)9-16)17-7-8-18-14-6-2-5-13(14)17/h1,3-4,13-14H,2,5-9,16H2. The predicted octanol–water partition coefficient (Wildman–Crippen LogP) is 2.04. The molecule has 4 heteroatoms. The first kappa shape index (κ1) is 11.9. The Morgan fingerprint density at radius 1 is 1.39 bits per heavy atom. The Labute approximate surface area is 107 Å². The van der Waals surface area contributed by atoms with E-state index in [9.17, 15) is 4.39 Å². The van der Waals surface area contributed by atoms with Gasteiger partial charge in [0.25, 0.3) is 0 Å². The highest BCUT2D eigenvalue weighted by Gasteiger charge is 2.36. The number of anilines is 1. The Kier molecular flexibility index (Phi) is 3.22. The summed E-state index contributed by atoms with van der Waals surface area (Å²) in [6, 6.07) is 5.62. The number of fused-ring (bicyclic) bond motifs is 1. The van der Waals surface area contributed by atoms with Gasteiger partial charge in [-0.25, -0.2) is 4.39 Å². The summed E-state index contributed by atoms with van der Waals surface area (Å²) in [5.74, 6) is -0.198. The molecule has 1 aromatic rings. The molecular formula is C14H19FN2O. The molecule has 18 heavy (non-hydrogen) atoms. The monoisotopic (exact) mass is 250 g/mol. The van der Waals surface area contributed by atoms with Crippen molar-refractivity contribution in [2.45, 2.75) is 38.0 Å². The van der Waals surface area contributed by atoms with Crippen LogP contribution in [0.25, 0.3) is 0 Å². The SMILES string of the molecule is NCc1c(F)cccc1N1CCOC2CCCC21. The third-order valence-corrected chi connectivity index (χ3v) is 4.09. The number of ether oxygens (including phenoxy) is 1. The zero-order chi connectivity index (χ0) is 12.5. The van der Waals surface area contributed by atoms with E-state index in [2.05, 4.69) is 4.90 Å². The summed E-state index contributed by atoms with van der Waals surface area (Å²) in [4.78, 5) is 2.30. The Balaban J connectivity index is 1.96. The molecule has 2 atom stereocenters. The van der Waals surface area contributed by atoms with Crippen LogP contribution in [0.2, 0.25) is 0 Å². The lowest BCUT2D eigenvalue weighted by Gasteiger charge is -2.40. The Bertz CT molecular complexity index is 438. The summed E-state index contributed by atoms with van der Waals surface area (Å²) in [5.41, 5.74) is 7.28. The smallest absolute Gasteiger partial charge is 0.129 e. The summed E-state index contributed by atoms with van der Waals surface area (Å²) in [5, 5.41) is 0. The second kappa shape index (κ2) is 4.86. The van der Waals surface area contributed by atoms with Gasteiger partial charge in [-0.15, -0.1) is 0 Å². The van der Waals surface area contributed by atoms with Crippen molar-refractivity contribution in [1.29, 1.82) is 0 Å². The van der Waals surface area contributed by atoms with Gasteiger partial charge in [0.15, 0.2) is 0 Å². The lowest BCUT2D eigenvalue weighted by Crippen LogP contribution is -2.49. The zero-order valence-corrected chi connectivity index (χ0v) is 10.4. The van der Waals surface area contributed by atoms with Gasteiger partial charge in [-0.3, -0.25) is 0 Å². The number of nitrogens with zero attached hydrogens (tertiary/aromatic N) is 1. The van der Waals surface area contributed by atoms with Crippen molar-refractivity contribution >= 4 is 5.69 Å². The van der Waals surface area contributed by atoms with Gasteiger partial charge in [0.1, 0.15) is 5.82 Å². The minimum atomic E-state index is -0.198. The van der Waals surface area contributed by atoms with Gasteiger partial charge in [0.2, 0.25) is 0 Å². The summed E-state index contributed by atoms with van der Waals surface area (Å²) >= 11 is 0. The van der Waals surface area contributed by atoms with Crippen LogP contribution in [0.1, 0.15) is 24.8 Å². The highest BCUT2D eigenvalue weighted by molar-refractivity contribution is 5.55. The number of benzene rings is 1. The van der Waals surface area contributed by atoms with Crippen LogP contribution in [0.5, 0.6) is 0 Å². The zero-order valence-electron chi connectivity index (χ0n) is 10.4. The molecule has 2 fully saturated rings. The summed E-state index contributed by atoms with van der Waals surface area (Å²) in [7, 11) is 0. The molecule has 2 aliphatic rings. The van der Waals surface area contributed by atoms with E-state index < -0.39 is 0 Å². The molecule has 2 unspecified atom stereocenters. The third-order valence-electron chi connectivity index (χ3n) is 4.09. The van der Waals surface area contributed by atoms with E-state index in [4.69, 9.17) is 10.5 Å². The van der Waals surface area contributed by atoms with E-state index in [0.29, 0.717) is 17.7 Å². The number of morpholine rings is 1. The average Bonchev–Trinajstić information content (AvgIpc) is 2.86. The second-order valence-electron chi connectivity index (χ2n) is 5.04. The van der Waals surface area contributed by atoms with Gasteiger partial charge >= 0.3 is 0 Å². The lowest BCUT2D eigenvalue weighted by molar-refractivity contribution is 0.0255. The van der Waals surface area contributed by atoms with E-state index in [1.54, 1.807) is 6.07 Å². The lowest BCUT2D eigenvalue weighted by atomic mass is 10.1. The van der Waals surface area contributed by atoms with Gasteiger partial charge in [-0.05, 0) is 31.4 Å². The van der Waals surface area contributed by atoms with Crippen molar-refractivity contribution in [3.8, 4) is 0 Å². The minimum Gasteiger partial charge on any atom is -0.374 e. The first-order valence-electron chi connectivity index (χ1n) is 6.67. The van der Waals surface area contributed by atoms with E-state index in [0.717, 1.165) is 31.7 Å². The molecule has 1 aliphatic carbocycles. The van der Waals surface area contributed by atoms with Crippen LogP contribution >= 0.6 is 0 Å². The van der Waals surface area contributed by atoms with Crippen LogP contribution < -0.4 is 10.6 Å². The van der Waals surface area contributed by atoms with Crippen molar-refractivity contribution in [3.63, 3.8) is 0 Å². The molecule has 0 amide bonds. The molecule has 0 aromatic heterocycles. The number of hydrogen-bond donors (Lipinski definition) is 1. The first-order chi connectivity index (χ1) is 8.81. The number of hydrogen-bond acceptors (Lipinski definition) is 3. The van der Waals surface area contributed by atoms with Crippen molar-refractivity contribution in [2.24, 2.45) is 5.73 Å². The van der Waals surface area contributed by atoms with E-state index in [1.807, 2.05) is 6.07 Å². The summed E-state index contributed by atoms with van der Waals surface area (Å²) in [6.45, 7) is 1.80. The number of nitrogens with two attached hydrogens (primary N) is 1. The molecule has 1 saturated heterocycles. The minimum absolute atomic E-state index is 0.198. The highest BCUT2D eigenvalue weighted by Crippen LogP contribution is 2.35. The molecule has 1 aliphatic heterocycles. The topological polar surface area (TPSA) is 38.5 Å². The van der Waals surface area contributed by atoms with E-state index in [-0.39, 0.29) is 12.4 Å². The second-order valence-corrected chi connectivity index (χ2v) is 5.04. The maximum atomic E-state index is 13.8. The Morgan fingerprint density at radius 3 is 3.11 bits per heavy atom. The molecule has 1 heterocycles. The van der Waals surface area contributed by atoms with Gasteiger partial charge in [-0.1, -0.05) is 6.07 Å². The molecule has 1 saturated carbocycles. The van der Waals surface area contributed by atoms with Gasteiger partial charge in [-0.2, -0.15) is 0 Å². The van der Waals surface area contributed by atoms with Gasteiger partial charge < -0.3 is 15.4 Å². The van der Waals surface area contributed by atoms with Crippen LogP contribution in [0, 0.1) is 5.82 Å². The maximum Gasteiger partial charge on any atom is 0.129 e. The normalized spacial score (nSPS) is 27.3. The van der Waals surface area contributed by atoms with E-state index >= 15 is 0 Å². The molecule has 98 valence electrons. The Hall–Kier alpha value is -1.13. The maximum absolute atomic E-state index is 13.8. The molecule has 1 aromatic carbocycles. The quantitative estimate of drug-likeness (QED) is 0.873. The van der Waals surface area contributed by atoms with Crippen LogP contribution in [-0.4, -0.2) is 25.3 Å². The van der Waals surface area contributed by atoms with Crippen molar-refractivity contribution in [2.75, 3.05) is 18.1 Å². The predicted molar refractivity (Wildman–Crippen MR) is 69.0 cm³/mol. The molecule has 0 bridgehead atoms. The first-order valence-corrected chi connectivity index (χ1v) is 6.67. The molecular weight excluding hydrogens is 231 g/mol. The van der Waals surface area contributed by atoms with Crippen molar-refractivity contribution in [3.05, 3.63) is 29.6 Å². The molecule has 0 spiro atoms. The fourth-order valence-electron chi connectivity index (χ4n) is 3.24. The summed E-state index contributed by atoms with van der Waals surface area (Å²) in [6.07, 6.45) is 3.76. The summed E-state index contributed by atoms with van der Waals surface area (Å²) < 4.78 is 19.6. The number of rotatable bonds is 2. The number of halogens is 1. The van der Waals surface area contributed by atoms with Crippen LogP contribution in [0.4, 0.5) is 10.1 Å². The van der Waals surface area contributed by atoms with E-state index in [1.165, 1.54) is 12.5 Å². The van der Waals surface area contributed by atoms with Crippen molar-refractivity contribution < 1.29 is 9.13 Å². The Morgan fingerprint density at radius 2 is 2.28 bits per heavy atom. The molecule has 0 radical (unpaired) electrons. The average molecular weight is 250 g/mol. The fraction of sp³-hybridized carbons (Fsp3) is 0.571.